The maximum atomic E-state index is 5.79. The number of rotatable bonds is 1. The molecule has 1 saturated heterocycles. The molecule has 2 rings (SSSR count). The number of nitrogens with one attached hydrogen (secondary N) is 1. The fraction of sp³-hybridized carbons (Fsp3) is 0.545. The second-order valence-corrected chi connectivity index (χ2v) is 4.57. The highest BCUT2D eigenvalue weighted by atomic mass is 35.5. The maximum absolute atomic E-state index is 5.79. The molecule has 0 spiro atoms. The maximum Gasteiger partial charge on any atom is 0.144 e. The summed E-state index contributed by atoms with van der Waals surface area (Å²) in [4.78, 5) is 4.10. The minimum Gasteiger partial charge on any atom is -0.355 e. The highest BCUT2D eigenvalue weighted by Gasteiger charge is 2.41. The number of hydrogen-bond donors (Lipinski definition) is 1. The standard InChI is InChI=1S/C11H16N2O.ClH/c1-10(2)8-14-11(3,13-10)9-5-4-6-12-7-9;/h4-7,13H,8H2,1-3H3;1H. The molecule has 0 amide bonds. The van der Waals surface area contributed by atoms with E-state index in [1.165, 1.54) is 0 Å². The third-order valence-corrected chi connectivity index (χ3v) is 2.51. The Morgan fingerprint density at radius 2 is 2.13 bits per heavy atom. The van der Waals surface area contributed by atoms with Gasteiger partial charge in [-0.25, -0.2) is 0 Å². The summed E-state index contributed by atoms with van der Waals surface area (Å²) in [5.74, 6) is 0. The number of pyridine rings is 1. The van der Waals surface area contributed by atoms with Crippen molar-refractivity contribution in [3.05, 3.63) is 30.1 Å². The topological polar surface area (TPSA) is 34.1 Å². The van der Waals surface area contributed by atoms with Crippen molar-refractivity contribution in [1.82, 2.24) is 10.3 Å². The molecule has 1 aromatic rings. The minimum absolute atomic E-state index is 0. The van der Waals surface area contributed by atoms with Gasteiger partial charge in [-0.1, -0.05) is 6.07 Å². The first-order chi connectivity index (χ1) is 6.52. The monoisotopic (exact) mass is 228 g/mol. The molecular formula is C11H17ClN2O. The van der Waals surface area contributed by atoms with Crippen LogP contribution in [0.1, 0.15) is 26.3 Å². The number of hydrogen-bond acceptors (Lipinski definition) is 3. The smallest absolute Gasteiger partial charge is 0.144 e. The van der Waals surface area contributed by atoms with Crippen molar-refractivity contribution in [2.75, 3.05) is 6.61 Å². The molecule has 1 aliphatic heterocycles. The molecule has 1 N–H and O–H groups in total. The van der Waals surface area contributed by atoms with E-state index in [9.17, 15) is 0 Å². The molecule has 1 aromatic heterocycles. The van der Waals surface area contributed by atoms with Gasteiger partial charge in [0, 0.05) is 23.5 Å². The van der Waals surface area contributed by atoms with Crippen LogP contribution in [0.15, 0.2) is 24.5 Å². The molecule has 15 heavy (non-hydrogen) atoms. The molecule has 1 unspecified atom stereocenters. The predicted octanol–water partition coefficient (Wildman–Crippen LogP) is 2.07. The fourth-order valence-corrected chi connectivity index (χ4v) is 1.84. The van der Waals surface area contributed by atoms with Crippen molar-refractivity contribution in [1.29, 1.82) is 0 Å². The van der Waals surface area contributed by atoms with E-state index in [1.54, 1.807) is 6.20 Å². The van der Waals surface area contributed by atoms with Crippen LogP contribution in [-0.4, -0.2) is 17.1 Å². The minimum atomic E-state index is -0.391. The first kappa shape index (κ1) is 12.4. The second kappa shape index (κ2) is 4.08. The van der Waals surface area contributed by atoms with Crippen LogP contribution in [0.5, 0.6) is 0 Å². The van der Waals surface area contributed by atoms with E-state index in [2.05, 4.69) is 24.1 Å². The van der Waals surface area contributed by atoms with Crippen molar-refractivity contribution in [2.24, 2.45) is 0 Å². The average molecular weight is 229 g/mol. The first-order valence-electron chi connectivity index (χ1n) is 4.86. The number of ether oxygens (including phenoxy) is 1. The van der Waals surface area contributed by atoms with Gasteiger partial charge in [0.2, 0.25) is 0 Å². The van der Waals surface area contributed by atoms with Crippen LogP contribution in [0.2, 0.25) is 0 Å². The molecule has 0 radical (unpaired) electrons. The van der Waals surface area contributed by atoms with E-state index >= 15 is 0 Å². The van der Waals surface area contributed by atoms with Gasteiger partial charge in [0.05, 0.1) is 6.61 Å². The van der Waals surface area contributed by atoms with Gasteiger partial charge in [-0.15, -0.1) is 12.4 Å². The Bertz CT molecular complexity index is 329. The summed E-state index contributed by atoms with van der Waals surface area (Å²) in [5, 5.41) is 3.46. The Hall–Kier alpha value is -0.640. The Morgan fingerprint density at radius 1 is 1.40 bits per heavy atom. The summed E-state index contributed by atoms with van der Waals surface area (Å²) in [6.45, 7) is 7.03. The quantitative estimate of drug-likeness (QED) is 0.799. The third kappa shape index (κ3) is 2.48. The molecular weight excluding hydrogens is 212 g/mol. The van der Waals surface area contributed by atoms with Gasteiger partial charge in [-0.3, -0.25) is 10.3 Å². The molecule has 84 valence electrons. The van der Waals surface area contributed by atoms with Gasteiger partial charge in [0.1, 0.15) is 5.72 Å². The zero-order valence-corrected chi connectivity index (χ0v) is 10.1. The highest BCUT2D eigenvalue weighted by Crippen LogP contribution is 2.31. The molecule has 1 atom stereocenters. The lowest BCUT2D eigenvalue weighted by Crippen LogP contribution is -2.44. The summed E-state index contributed by atoms with van der Waals surface area (Å²) in [7, 11) is 0. The van der Waals surface area contributed by atoms with Crippen LogP contribution in [0.25, 0.3) is 0 Å². The molecule has 0 bridgehead atoms. The van der Waals surface area contributed by atoms with Crippen LogP contribution in [0, 0.1) is 0 Å². The lowest BCUT2D eigenvalue weighted by Gasteiger charge is -2.26. The fourth-order valence-electron chi connectivity index (χ4n) is 1.84. The Kier molecular flexibility index (Phi) is 3.38. The summed E-state index contributed by atoms with van der Waals surface area (Å²) in [6.07, 6.45) is 3.61. The molecule has 3 nitrogen and oxygen atoms in total. The second-order valence-electron chi connectivity index (χ2n) is 4.57. The lowest BCUT2D eigenvalue weighted by atomic mass is 10.0. The lowest BCUT2D eigenvalue weighted by molar-refractivity contribution is 0.00192. The normalized spacial score (nSPS) is 28.5. The molecule has 2 heterocycles. The van der Waals surface area contributed by atoms with Gasteiger partial charge < -0.3 is 4.74 Å². The largest absolute Gasteiger partial charge is 0.355 e. The van der Waals surface area contributed by atoms with Crippen molar-refractivity contribution >= 4 is 12.4 Å². The zero-order valence-electron chi connectivity index (χ0n) is 9.28. The average Bonchev–Trinajstić information content (AvgIpc) is 2.44. The molecule has 4 heteroatoms. The van der Waals surface area contributed by atoms with Gasteiger partial charge in [0.15, 0.2) is 0 Å². The van der Waals surface area contributed by atoms with Crippen LogP contribution in [0.3, 0.4) is 0 Å². The number of aromatic nitrogens is 1. The van der Waals surface area contributed by atoms with Gasteiger partial charge in [0.25, 0.3) is 0 Å². The van der Waals surface area contributed by atoms with E-state index in [-0.39, 0.29) is 17.9 Å². The van der Waals surface area contributed by atoms with E-state index in [0.29, 0.717) is 0 Å². The van der Waals surface area contributed by atoms with Crippen LogP contribution in [-0.2, 0) is 10.5 Å². The zero-order chi connectivity index (χ0) is 10.2. The molecule has 1 aliphatic rings. The number of halogens is 1. The van der Waals surface area contributed by atoms with Crippen LogP contribution in [0.4, 0.5) is 0 Å². The Morgan fingerprint density at radius 3 is 2.60 bits per heavy atom. The van der Waals surface area contributed by atoms with E-state index in [1.807, 2.05) is 25.3 Å². The SMILES string of the molecule is CC1(C)COC(C)(c2cccnc2)N1.Cl. The van der Waals surface area contributed by atoms with Gasteiger partial charge >= 0.3 is 0 Å². The summed E-state index contributed by atoms with van der Waals surface area (Å²) < 4.78 is 5.79. The van der Waals surface area contributed by atoms with E-state index < -0.39 is 5.72 Å². The van der Waals surface area contributed by atoms with Crippen molar-refractivity contribution in [3.63, 3.8) is 0 Å². The van der Waals surface area contributed by atoms with E-state index in [0.717, 1.165) is 12.2 Å². The first-order valence-corrected chi connectivity index (χ1v) is 4.86. The van der Waals surface area contributed by atoms with Gasteiger partial charge in [-0.2, -0.15) is 0 Å². The van der Waals surface area contributed by atoms with Crippen LogP contribution >= 0.6 is 12.4 Å². The van der Waals surface area contributed by atoms with Crippen molar-refractivity contribution < 1.29 is 4.74 Å². The summed E-state index contributed by atoms with van der Waals surface area (Å²) >= 11 is 0. The summed E-state index contributed by atoms with van der Waals surface area (Å²) in [5.41, 5.74) is 0.716. The Balaban J connectivity index is 0.00000112. The molecule has 0 aromatic carbocycles. The van der Waals surface area contributed by atoms with Gasteiger partial charge in [-0.05, 0) is 26.8 Å². The van der Waals surface area contributed by atoms with Crippen molar-refractivity contribution in [2.45, 2.75) is 32.0 Å². The molecule has 0 aliphatic carbocycles. The summed E-state index contributed by atoms with van der Waals surface area (Å²) in [6, 6.07) is 3.96. The van der Waals surface area contributed by atoms with E-state index in [4.69, 9.17) is 4.74 Å². The Labute approximate surface area is 96.7 Å². The van der Waals surface area contributed by atoms with Crippen LogP contribution < -0.4 is 5.32 Å². The predicted molar refractivity (Wildman–Crippen MR) is 62.0 cm³/mol. The molecule has 1 fully saturated rings. The number of nitrogens with zero attached hydrogens (tertiary/aromatic N) is 1. The highest BCUT2D eigenvalue weighted by molar-refractivity contribution is 5.85. The third-order valence-electron chi connectivity index (χ3n) is 2.51. The van der Waals surface area contributed by atoms with Crippen molar-refractivity contribution in [3.8, 4) is 0 Å². The molecule has 0 saturated carbocycles.